The molecule has 0 spiro atoms. The van der Waals surface area contributed by atoms with Gasteiger partial charge < -0.3 is 10.2 Å². The lowest BCUT2D eigenvalue weighted by molar-refractivity contribution is 0.200. The van der Waals surface area contributed by atoms with Gasteiger partial charge in [-0.3, -0.25) is 0 Å². The van der Waals surface area contributed by atoms with E-state index in [0.717, 1.165) is 5.92 Å². The van der Waals surface area contributed by atoms with Crippen LogP contribution in [-0.2, 0) is 0 Å². The molecule has 1 N–H and O–H groups in total. The van der Waals surface area contributed by atoms with E-state index in [2.05, 4.69) is 48.5 Å². The quantitative estimate of drug-likeness (QED) is 0.910. The van der Waals surface area contributed by atoms with Gasteiger partial charge in [0.15, 0.2) is 0 Å². The van der Waals surface area contributed by atoms with Crippen LogP contribution in [0.5, 0.6) is 0 Å². The topological polar surface area (TPSA) is 15.3 Å². The molecule has 1 saturated heterocycles. The van der Waals surface area contributed by atoms with Gasteiger partial charge in [-0.05, 0) is 57.2 Å². The summed E-state index contributed by atoms with van der Waals surface area (Å²) in [4.78, 5) is 2.50. The Morgan fingerprint density at radius 3 is 2.76 bits per heavy atom. The third-order valence-electron chi connectivity index (χ3n) is 5.32. The van der Waals surface area contributed by atoms with Crippen LogP contribution in [0.25, 0.3) is 0 Å². The molecule has 2 aliphatic rings. The number of nitrogens with one attached hydrogen (secondary N) is 1. The van der Waals surface area contributed by atoms with Gasteiger partial charge in [-0.2, -0.15) is 0 Å². The number of aryl methyl sites for hydroxylation is 1. The molecule has 1 aromatic carbocycles. The van der Waals surface area contributed by atoms with Crippen LogP contribution in [0.2, 0.25) is 0 Å². The van der Waals surface area contributed by atoms with E-state index >= 15 is 0 Å². The number of hydrogen-bond donors (Lipinski definition) is 1. The van der Waals surface area contributed by atoms with E-state index in [1.165, 1.54) is 62.9 Å². The number of piperidine rings is 1. The summed E-state index contributed by atoms with van der Waals surface area (Å²) in [5.74, 6) is 1.62. The summed E-state index contributed by atoms with van der Waals surface area (Å²) in [6.45, 7) is 5.84. The largest absolute Gasteiger partial charge is 0.312 e. The maximum atomic E-state index is 3.87. The minimum Gasteiger partial charge on any atom is -0.312 e. The minimum atomic E-state index is 0.662. The number of rotatable bonds is 4. The van der Waals surface area contributed by atoms with Crippen LogP contribution < -0.4 is 5.32 Å². The highest BCUT2D eigenvalue weighted by Crippen LogP contribution is 2.28. The van der Waals surface area contributed by atoms with Gasteiger partial charge in [0.1, 0.15) is 0 Å². The summed E-state index contributed by atoms with van der Waals surface area (Å²) < 4.78 is 0. The van der Waals surface area contributed by atoms with Crippen molar-refractivity contribution >= 4 is 0 Å². The second kappa shape index (κ2) is 6.93. The Hall–Kier alpha value is -0.860. The average molecular weight is 286 g/mol. The first kappa shape index (κ1) is 15.1. The maximum absolute atomic E-state index is 3.87. The fourth-order valence-electron chi connectivity index (χ4n) is 4.18. The lowest BCUT2D eigenvalue weighted by atomic mass is 9.87. The molecule has 1 aliphatic carbocycles. The highest BCUT2D eigenvalue weighted by atomic mass is 15.1. The first-order valence-electron chi connectivity index (χ1n) is 8.69. The van der Waals surface area contributed by atoms with Crippen LogP contribution in [0, 0.1) is 12.8 Å². The molecule has 1 saturated carbocycles. The molecular weight excluding hydrogens is 256 g/mol. The summed E-state index contributed by atoms with van der Waals surface area (Å²) in [6.07, 6.45) is 7.07. The van der Waals surface area contributed by atoms with Crippen molar-refractivity contribution in [3.05, 3.63) is 35.4 Å². The molecule has 116 valence electrons. The van der Waals surface area contributed by atoms with Gasteiger partial charge in [0.25, 0.3) is 0 Å². The molecule has 1 heterocycles. The maximum Gasteiger partial charge on any atom is 0.0201 e. The smallest absolute Gasteiger partial charge is 0.0201 e. The van der Waals surface area contributed by atoms with Crippen molar-refractivity contribution in [1.29, 1.82) is 0 Å². The molecule has 1 aliphatic heterocycles. The van der Waals surface area contributed by atoms with Crippen LogP contribution in [0.4, 0.5) is 0 Å². The SMILES string of the molecule is Cc1cccc(C2CC(NCC3CCCC3)CN(C)C2)c1. The van der Waals surface area contributed by atoms with Crippen molar-refractivity contribution < 1.29 is 0 Å². The average Bonchev–Trinajstić information content (AvgIpc) is 2.98. The zero-order valence-electron chi connectivity index (χ0n) is 13.6. The fraction of sp³-hybridized carbons (Fsp3) is 0.684. The van der Waals surface area contributed by atoms with E-state index in [1.54, 1.807) is 0 Å². The number of benzene rings is 1. The molecule has 0 amide bonds. The molecule has 0 radical (unpaired) electrons. The van der Waals surface area contributed by atoms with E-state index in [-0.39, 0.29) is 0 Å². The van der Waals surface area contributed by atoms with Gasteiger partial charge in [-0.15, -0.1) is 0 Å². The van der Waals surface area contributed by atoms with Gasteiger partial charge in [0.2, 0.25) is 0 Å². The van der Waals surface area contributed by atoms with Crippen LogP contribution >= 0.6 is 0 Å². The van der Waals surface area contributed by atoms with Crippen molar-refractivity contribution in [2.24, 2.45) is 5.92 Å². The van der Waals surface area contributed by atoms with Crippen molar-refractivity contribution in [2.45, 2.75) is 51.0 Å². The Labute approximate surface area is 129 Å². The Morgan fingerprint density at radius 1 is 1.19 bits per heavy atom. The van der Waals surface area contributed by atoms with Crippen molar-refractivity contribution in [3.63, 3.8) is 0 Å². The van der Waals surface area contributed by atoms with E-state index in [9.17, 15) is 0 Å². The summed E-state index contributed by atoms with van der Waals surface area (Å²) in [7, 11) is 2.27. The molecular formula is C19H30N2. The second-order valence-corrected chi connectivity index (χ2v) is 7.32. The molecule has 2 nitrogen and oxygen atoms in total. The summed E-state index contributed by atoms with van der Waals surface area (Å²) in [5.41, 5.74) is 2.91. The number of likely N-dealkylation sites (tertiary alicyclic amines) is 1. The lowest BCUT2D eigenvalue weighted by Crippen LogP contribution is -2.47. The Kier molecular flexibility index (Phi) is 4.97. The number of likely N-dealkylation sites (N-methyl/N-ethyl adjacent to an activating group) is 1. The van der Waals surface area contributed by atoms with Crippen molar-refractivity contribution in [1.82, 2.24) is 10.2 Å². The molecule has 2 unspecified atom stereocenters. The molecule has 2 atom stereocenters. The monoisotopic (exact) mass is 286 g/mol. The summed E-state index contributed by atoms with van der Waals surface area (Å²) >= 11 is 0. The van der Waals surface area contributed by atoms with Crippen LogP contribution in [-0.4, -0.2) is 37.6 Å². The van der Waals surface area contributed by atoms with Crippen molar-refractivity contribution in [2.75, 3.05) is 26.7 Å². The highest BCUT2D eigenvalue weighted by Gasteiger charge is 2.27. The molecule has 0 aromatic heterocycles. The third-order valence-corrected chi connectivity index (χ3v) is 5.32. The molecule has 0 bridgehead atoms. The van der Waals surface area contributed by atoms with Gasteiger partial charge in [0, 0.05) is 19.1 Å². The van der Waals surface area contributed by atoms with E-state index in [1.807, 2.05) is 0 Å². The summed E-state index contributed by atoms with van der Waals surface area (Å²) in [6, 6.07) is 9.75. The fourth-order valence-corrected chi connectivity index (χ4v) is 4.18. The van der Waals surface area contributed by atoms with E-state index < -0.39 is 0 Å². The van der Waals surface area contributed by atoms with Gasteiger partial charge in [0.05, 0.1) is 0 Å². The zero-order chi connectivity index (χ0) is 14.7. The lowest BCUT2D eigenvalue weighted by Gasteiger charge is -2.37. The second-order valence-electron chi connectivity index (χ2n) is 7.32. The third kappa shape index (κ3) is 4.08. The first-order valence-corrected chi connectivity index (χ1v) is 8.69. The number of nitrogens with zero attached hydrogens (tertiary/aromatic N) is 1. The molecule has 2 heteroatoms. The van der Waals surface area contributed by atoms with E-state index in [0.29, 0.717) is 12.0 Å². The summed E-state index contributed by atoms with van der Waals surface area (Å²) in [5, 5.41) is 3.87. The highest BCUT2D eigenvalue weighted by molar-refractivity contribution is 5.26. The predicted molar refractivity (Wildman–Crippen MR) is 89.8 cm³/mol. The number of hydrogen-bond acceptors (Lipinski definition) is 2. The Balaban J connectivity index is 1.58. The van der Waals surface area contributed by atoms with Gasteiger partial charge in [-0.25, -0.2) is 0 Å². The molecule has 2 fully saturated rings. The van der Waals surface area contributed by atoms with E-state index in [4.69, 9.17) is 0 Å². The van der Waals surface area contributed by atoms with Crippen LogP contribution in [0.15, 0.2) is 24.3 Å². The Morgan fingerprint density at radius 2 is 2.00 bits per heavy atom. The van der Waals surface area contributed by atoms with Crippen LogP contribution in [0.1, 0.15) is 49.1 Å². The molecule has 3 rings (SSSR count). The first-order chi connectivity index (χ1) is 10.2. The standard InChI is InChI=1S/C19H30N2/c1-15-6-5-9-17(10-15)18-11-19(14-21(2)13-18)20-12-16-7-3-4-8-16/h5-6,9-10,16,18-20H,3-4,7-8,11-14H2,1-2H3. The van der Waals surface area contributed by atoms with Crippen LogP contribution in [0.3, 0.4) is 0 Å². The zero-order valence-corrected chi connectivity index (χ0v) is 13.6. The van der Waals surface area contributed by atoms with Gasteiger partial charge >= 0.3 is 0 Å². The molecule has 1 aromatic rings. The molecule has 21 heavy (non-hydrogen) atoms. The predicted octanol–water partition coefficient (Wildman–Crippen LogP) is 3.56. The van der Waals surface area contributed by atoms with Crippen molar-refractivity contribution in [3.8, 4) is 0 Å². The minimum absolute atomic E-state index is 0.662. The Bertz CT molecular complexity index is 451. The van der Waals surface area contributed by atoms with Gasteiger partial charge in [-0.1, -0.05) is 42.7 Å². The normalized spacial score (nSPS) is 28.1.